The van der Waals surface area contributed by atoms with Gasteiger partial charge in [-0.2, -0.15) is 0 Å². The van der Waals surface area contributed by atoms with Gasteiger partial charge in [0.05, 0.1) is 11.1 Å². The number of hydrogen-bond acceptors (Lipinski definition) is 1. The molecule has 0 radical (unpaired) electrons. The van der Waals surface area contributed by atoms with Crippen LogP contribution in [0.4, 0.5) is 13.2 Å². The third kappa shape index (κ3) is 3.28. The molecular formula is C14H10ClF3O. The van der Waals surface area contributed by atoms with Crippen molar-refractivity contribution in [2.75, 3.05) is 0 Å². The summed E-state index contributed by atoms with van der Waals surface area (Å²) in [6.45, 7) is 0. The van der Waals surface area contributed by atoms with E-state index in [1.807, 2.05) is 0 Å². The largest absolute Gasteiger partial charge is 0.388 e. The zero-order valence-corrected chi connectivity index (χ0v) is 10.5. The summed E-state index contributed by atoms with van der Waals surface area (Å²) in [6.07, 6.45) is -0.963. The lowest BCUT2D eigenvalue weighted by atomic mass is 10.0. The van der Waals surface area contributed by atoms with Gasteiger partial charge in [-0.1, -0.05) is 23.7 Å². The van der Waals surface area contributed by atoms with Crippen LogP contribution in [0.2, 0.25) is 5.02 Å². The number of benzene rings is 2. The molecule has 0 saturated carbocycles. The lowest BCUT2D eigenvalue weighted by molar-refractivity contribution is 0.178. The monoisotopic (exact) mass is 286 g/mol. The molecule has 0 aliphatic heterocycles. The van der Waals surface area contributed by atoms with E-state index in [2.05, 4.69) is 0 Å². The van der Waals surface area contributed by atoms with Crippen LogP contribution in [0.15, 0.2) is 36.4 Å². The normalized spacial score (nSPS) is 12.5. The summed E-state index contributed by atoms with van der Waals surface area (Å²) < 4.78 is 39.0. The van der Waals surface area contributed by atoms with E-state index < -0.39 is 23.6 Å². The molecule has 0 heterocycles. The van der Waals surface area contributed by atoms with Crippen molar-refractivity contribution in [1.82, 2.24) is 0 Å². The summed E-state index contributed by atoms with van der Waals surface area (Å²) in [5, 5.41) is 9.89. The average Bonchev–Trinajstić information content (AvgIpc) is 2.37. The van der Waals surface area contributed by atoms with Gasteiger partial charge in [-0.15, -0.1) is 0 Å². The van der Waals surface area contributed by atoms with Gasteiger partial charge in [-0.05, 0) is 35.4 Å². The van der Waals surface area contributed by atoms with Crippen LogP contribution < -0.4 is 0 Å². The zero-order valence-electron chi connectivity index (χ0n) is 9.71. The maximum atomic E-state index is 13.2. The topological polar surface area (TPSA) is 20.2 Å². The van der Waals surface area contributed by atoms with Gasteiger partial charge in [0.25, 0.3) is 0 Å². The Kier molecular flexibility index (Phi) is 4.12. The van der Waals surface area contributed by atoms with Gasteiger partial charge < -0.3 is 5.11 Å². The first-order chi connectivity index (χ1) is 8.97. The summed E-state index contributed by atoms with van der Waals surface area (Å²) in [5.74, 6) is -2.56. The van der Waals surface area contributed by atoms with Crippen molar-refractivity contribution < 1.29 is 18.3 Å². The molecule has 0 aliphatic carbocycles. The first kappa shape index (κ1) is 13.9. The number of rotatable bonds is 3. The molecule has 1 unspecified atom stereocenters. The molecule has 2 rings (SSSR count). The smallest absolute Gasteiger partial charge is 0.159 e. The molecule has 0 bridgehead atoms. The second-order valence-corrected chi connectivity index (χ2v) is 4.55. The summed E-state index contributed by atoms with van der Waals surface area (Å²) in [7, 11) is 0. The van der Waals surface area contributed by atoms with E-state index in [1.165, 1.54) is 18.2 Å². The maximum absolute atomic E-state index is 13.2. The van der Waals surface area contributed by atoms with E-state index >= 15 is 0 Å². The molecule has 0 fully saturated rings. The van der Waals surface area contributed by atoms with Gasteiger partial charge in [0, 0.05) is 6.42 Å². The fraction of sp³-hybridized carbons (Fsp3) is 0.143. The lowest BCUT2D eigenvalue weighted by Crippen LogP contribution is -2.03. The quantitative estimate of drug-likeness (QED) is 0.903. The van der Waals surface area contributed by atoms with Crippen molar-refractivity contribution >= 4 is 11.6 Å². The van der Waals surface area contributed by atoms with Crippen LogP contribution in [0.3, 0.4) is 0 Å². The Morgan fingerprint density at radius 3 is 2.32 bits per heavy atom. The first-order valence-electron chi connectivity index (χ1n) is 5.54. The van der Waals surface area contributed by atoms with Crippen LogP contribution in [-0.4, -0.2) is 5.11 Å². The predicted molar refractivity (Wildman–Crippen MR) is 66.4 cm³/mol. The number of halogens is 4. The van der Waals surface area contributed by atoms with E-state index in [4.69, 9.17) is 11.6 Å². The molecule has 0 amide bonds. The molecule has 0 aromatic heterocycles. The Morgan fingerprint density at radius 2 is 1.68 bits per heavy atom. The van der Waals surface area contributed by atoms with Crippen molar-refractivity contribution in [2.24, 2.45) is 0 Å². The Hall–Kier alpha value is -1.52. The second-order valence-electron chi connectivity index (χ2n) is 4.14. The molecule has 0 aliphatic rings. The van der Waals surface area contributed by atoms with Crippen LogP contribution in [-0.2, 0) is 6.42 Å². The Bertz CT molecular complexity index is 601. The van der Waals surface area contributed by atoms with Crippen molar-refractivity contribution in [3.63, 3.8) is 0 Å². The molecule has 2 aromatic carbocycles. The highest BCUT2D eigenvalue weighted by molar-refractivity contribution is 6.30. The van der Waals surface area contributed by atoms with Gasteiger partial charge in [0.2, 0.25) is 0 Å². The maximum Gasteiger partial charge on any atom is 0.159 e. The van der Waals surface area contributed by atoms with Gasteiger partial charge in [-0.25, -0.2) is 13.2 Å². The van der Waals surface area contributed by atoms with Crippen molar-refractivity contribution in [1.29, 1.82) is 0 Å². The number of aliphatic hydroxyl groups excluding tert-OH is 1. The van der Waals surface area contributed by atoms with Gasteiger partial charge in [0.15, 0.2) is 11.6 Å². The van der Waals surface area contributed by atoms with Crippen LogP contribution >= 0.6 is 11.6 Å². The number of aliphatic hydroxyl groups is 1. The Labute approximate surface area is 113 Å². The van der Waals surface area contributed by atoms with Gasteiger partial charge in [-0.3, -0.25) is 0 Å². The van der Waals surface area contributed by atoms with Gasteiger partial charge >= 0.3 is 0 Å². The Morgan fingerprint density at radius 1 is 0.947 bits per heavy atom. The fourth-order valence-corrected chi connectivity index (χ4v) is 1.84. The highest BCUT2D eigenvalue weighted by Gasteiger charge is 2.12. The van der Waals surface area contributed by atoms with E-state index in [-0.39, 0.29) is 11.4 Å². The van der Waals surface area contributed by atoms with Gasteiger partial charge in [0.1, 0.15) is 5.82 Å². The molecule has 0 saturated heterocycles. The molecule has 100 valence electrons. The first-order valence-corrected chi connectivity index (χ1v) is 5.92. The van der Waals surface area contributed by atoms with E-state index in [0.29, 0.717) is 11.1 Å². The van der Waals surface area contributed by atoms with Crippen LogP contribution in [0.5, 0.6) is 0 Å². The fourth-order valence-electron chi connectivity index (χ4n) is 1.73. The average molecular weight is 287 g/mol. The summed E-state index contributed by atoms with van der Waals surface area (Å²) in [4.78, 5) is 0. The second kappa shape index (κ2) is 5.63. The standard InChI is InChI=1S/C14H10ClF3O/c15-10-3-2-9(7-12(10)17)14(19)6-8-1-4-11(16)13(18)5-8/h1-5,7,14,19H,6H2. The van der Waals surface area contributed by atoms with Crippen molar-refractivity contribution in [3.8, 4) is 0 Å². The molecular weight excluding hydrogens is 277 g/mol. The highest BCUT2D eigenvalue weighted by Crippen LogP contribution is 2.23. The molecule has 19 heavy (non-hydrogen) atoms. The molecule has 0 spiro atoms. The van der Waals surface area contributed by atoms with Crippen LogP contribution in [0, 0.1) is 17.5 Å². The third-order valence-corrected chi connectivity index (χ3v) is 3.05. The predicted octanol–water partition coefficient (Wildman–Crippen LogP) is 4.03. The summed E-state index contributed by atoms with van der Waals surface area (Å²) in [5.41, 5.74) is 0.744. The van der Waals surface area contributed by atoms with Crippen LogP contribution in [0.25, 0.3) is 0 Å². The Balaban J connectivity index is 2.17. The minimum absolute atomic E-state index is 0.0382. The minimum atomic E-state index is -1.02. The third-order valence-electron chi connectivity index (χ3n) is 2.74. The lowest BCUT2D eigenvalue weighted by Gasteiger charge is -2.11. The SMILES string of the molecule is OC(Cc1ccc(F)c(F)c1)c1ccc(Cl)c(F)c1. The summed E-state index contributed by atoms with van der Waals surface area (Å²) >= 11 is 5.54. The van der Waals surface area contributed by atoms with Crippen LogP contribution in [0.1, 0.15) is 17.2 Å². The van der Waals surface area contributed by atoms with E-state index in [0.717, 1.165) is 18.2 Å². The molecule has 1 atom stereocenters. The van der Waals surface area contributed by atoms with Crippen molar-refractivity contribution in [2.45, 2.75) is 12.5 Å². The molecule has 1 N–H and O–H groups in total. The molecule has 1 nitrogen and oxygen atoms in total. The minimum Gasteiger partial charge on any atom is -0.388 e. The molecule has 5 heteroatoms. The number of hydrogen-bond donors (Lipinski definition) is 1. The van der Waals surface area contributed by atoms with E-state index in [1.54, 1.807) is 0 Å². The molecule has 2 aromatic rings. The zero-order chi connectivity index (χ0) is 14.0. The highest BCUT2D eigenvalue weighted by atomic mass is 35.5. The summed E-state index contributed by atoms with van der Waals surface area (Å²) in [6, 6.07) is 7.29. The van der Waals surface area contributed by atoms with E-state index in [9.17, 15) is 18.3 Å². The van der Waals surface area contributed by atoms with Crippen molar-refractivity contribution in [3.05, 3.63) is 70.0 Å².